The lowest BCUT2D eigenvalue weighted by Crippen LogP contribution is -2.39. The number of methoxy groups -OCH3 is 1. The molecule has 1 aromatic carbocycles. The van der Waals surface area contributed by atoms with E-state index in [9.17, 15) is 5.11 Å². The van der Waals surface area contributed by atoms with Crippen LogP contribution in [0.2, 0.25) is 5.02 Å². The van der Waals surface area contributed by atoms with Crippen LogP contribution in [0.4, 0.5) is 0 Å². The highest BCUT2D eigenvalue weighted by atomic mass is 127. The molecule has 0 radical (unpaired) electrons. The number of aromatic nitrogens is 1. The Kier molecular flexibility index (Phi) is 9.97. The van der Waals surface area contributed by atoms with Crippen LogP contribution in [0.5, 0.6) is 5.75 Å². The fourth-order valence-electron chi connectivity index (χ4n) is 2.62. The number of benzene rings is 1. The number of nitrogens with zero attached hydrogens (tertiary/aromatic N) is 3. The largest absolute Gasteiger partial charge is 0.497 e. The predicted molar refractivity (Wildman–Crippen MR) is 121 cm³/mol. The van der Waals surface area contributed by atoms with Gasteiger partial charge in [-0.15, -0.1) is 24.0 Å². The minimum absolute atomic E-state index is 0. The van der Waals surface area contributed by atoms with Crippen LogP contribution in [0.25, 0.3) is 0 Å². The molecule has 0 amide bonds. The van der Waals surface area contributed by atoms with E-state index >= 15 is 0 Å². The molecule has 0 spiro atoms. The van der Waals surface area contributed by atoms with Gasteiger partial charge in [-0.1, -0.05) is 23.7 Å². The summed E-state index contributed by atoms with van der Waals surface area (Å²) >= 11 is 6.05. The molecule has 150 valence electrons. The Morgan fingerprint density at radius 3 is 2.56 bits per heavy atom. The van der Waals surface area contributed by atoms with Gasteiger partial charge in [-0.2, -0.15) is 0 Å². The van der Waals surface area contributed by atoms with Crippen molar-refractivity contribution in [3.05, 3.63) is 52.8 Å². The number of guanidine groups is 1. The predicted octanol–water partition coefficient (Wildman–Crippen LogP) is 3.44. The lowest BCUT2D eigenvalue weighted by Gasteiger charge is -2.23. The number of halogens is 2. The second-order valence-electron chi connectivity index (χ2n) is 6.10. The minimum atomic E-state index is -0.674. The summed E-state index contributed by atoms with van der Waals surface area (Å²) in [6.45, 7) is 3.69. The van der Waals surface area contributed by atoms with Gasteiger partial charge >= 0.3 is 0 Å². The molecule has 1 aromatic heterocycles. The maximum absolute atomic E-state index is 10.4. The molecule has 0 aliphatic rings. The van der Waals surface area contributed by atoms with E-state index < -0.39 is 6.10 Å². The summed E-state index contributed by atoms with van der Waals surface area (Å²) in [5, 5.41) is 14.4. The standard InChI is InChI=1S/C19H27ClN4O2.HI/c1-5-21-19(24(3)13-16-10-15(20)12-23(16)2)22-11-18(25)14-6-8-17(26-4)9-7-14;/h6-10,12,18,25H,5,11,13H2,1-4H3,(H,21,22);1H. The smallest absolute Gasteiger partial charge is 0.194 e. The lowest BCUT2D eigenvalue weighted by atomic mass is 10.1. The van der Waals surface area contributed by atoms with Gasteiger partial charge < -0.3 is 24.6 Å². The van der Waals surface area contributed by atoms with Crippen LogP contribution in [0.3, 0.4) is 0 Å². The number of aryl methyl sites for hydroxylation is 1. The van der Waals surface area contributed by atoms with E-state index in [0.717, 1.165) is 29.5 Å². The monoisotopic (exact) mass is 506 g/mol. The molecule has 8 heteroatoms. The summed E-state index contributed by atoms with van der Waals surface area (Å²) in [5.41, 5.74) is 1.89. The van der Waals surface area contributed by atoms with Crippen molar-refractivity contribution in [3.63, 3.8) is 0 Å². The fourth-order valence-corrected chi connectivity index (χ4v) is 2.89. The molecule has 0 saturated carbocycles. The Morgan fingerprint density at radius 1 is 1.37 bits per heavy atom. The van der Waals surface area contributed by atoms with Gasteiger partial charge in [0.2, 0.25) is 0 Å². The van der Waals surface area contributed by atoms with E-state index in [2.05, 4.69) is 10.3 Å². The Labute approximate surface area is 183 Å². The van der Waals surface area contributed by atoms with Crippen molar-refractivity contribution in [3.8, 4) is 5.75 Å². The molecule has 0 fully saturated rings. The van der Waals surface area contributed by atoms with Gasteiger partial charge in [-0.3, -0.25) is 4.99 Å². The molecule has 6 nitrogen and oxygen atoms in total. The third-order valence-corrected chi connectivity index (χ3v) is 4.29. The second kappa shape index (κ2) is 11.4. The van der Waals surface area contributed by atoms with Crippen LogP contribution >= 0.6 is 35.6 Å². The van der Waals surface area contributed by atoms with Gasteiger partial charge in [0.1, 0.15) is 5.75 Å². The molecule has 1 atom stereocenters. The van der Waals surface area contributed by atoms with Gasteiger partial charge in [0.05, 0.1) is 31.3 Å². The quantitative estimate of drug-likeness (QED) is 0.343. The maximum atomic E-state index is 10.4. The summed E-state index contributed by atoms with van der Waals surface area (Å²) in [6.07, 6.45) is 1.20. The first-order valence-electron chi connectivity index (χ1n) is 8.56. The number of nitrogens with one attached hydrogen (secondary N) is 1. The zero-order valence-corrected chi connectivity index (χ0v) is 19.2. The maximum Gasteiger partial charge on any atom is 0.194 e. The van der Waals surface area contributed by atoms with E-state index in [1.807, 2.05) is 67.0 Å². The van der Waals surface area contributed by atoms with Crippen LogP contribution in [0.15, 0.2) is 41.5 Å². The topological polar surface area (TPSA) is 62.0 Å². The first-order valence-corrected chi connectivity index (χ1v) is 8.94. The summed E-state index contributed by atoms with van der Waals surface area (Å²) in [7, 11) is 5.54. The van der Waals surface area contributed by atoms with Gasteiger partial charge in [-0.05, 0) is 30.7 Å². The van der Waals surface area contributed by atoms with E-state index in [1.165, 1.54) is 0 Å². The third-order valence-electron chi connectivity index (χ3n) is 4.08. The molecule has 2 aromatic rings. The molecule has 1 heterocycles. The molecule has 2 rings (SSSR count). The number of hydrogen-bond donors (Lipinski definition) is 2. The summed E-state index contributed by atoms with van der Waals surface area (Å²) in [4.78, 5) is 6.58. The summed E-state index contributed by atoms with van der Waals surface area (Å²) < 4.78 is 7.14. The molecule has 0 aliphatic heterocycles. The molecule has 0 saturated heterocycles. The van der Waals surface area contributed by atoms with Crippen LogP contribution in [0.1, 0.15) is 24.3 Å². The van der Waals surface area contributed by atoms with E-state index in [-0.39, 0.29) is 30.5 Å². The van der Waals surface area contributed by atoms with Crippen molar-refractivity contribution >= 4 is 41.5 Å². The van der Waals surface area contributed by atoms with Crippen molar-refractivity contribution in [1.29, 1.82) is 0 Å². The van der Waals surface area contributed by atoms with Gasteiger partial charge in [0, 0.05) is 32.5 Å². The normalized spacial score (nSPS) is 12.3. The number of aliphatic hydroxyl groups is 1. The van der Waals surface area contributed by atoms with Crippen LogP contribution in [-0.4, -0.2) is 47.8 Å². The van der Waals surface area contributed by atoms with E-state index in [4.69, 9.17) is 16.3 Å². The van der Waals surface area contributed by atoms with Gasteiger partial charge in [-0.25, -0.2) is 0 Å². The third kappa shape index (κ3) is 6.90. The molecular weight excluding hydrogens is 479 g/mol. The van der Waals surface area contributed by atoms with Gasteiger partial charge in [0.25, 0.3) is 0 Å². The first kappa shape index (κ1) is 23.6. The SMILES string of the molecule is CCNC(=NCC(O)c1ccc(OC)cc1)N(C)Cc1cc(Cl)cn1C.I. The van der Waals surface area contributed by atoms with Crippen molar-refractivity contribution in [2.75, 3.05) is 27.2 Å². The Bertz CT molecular complexity index is 734. The molecule has 2 N–H and O–H groups in total. The average Bonchev–Trinajstić information content (AvgIpc) is 2.95. The highest BCUT2D eigenvalue weighted by Gasteiger charge is 2.12. The van der Waals surface area contributed by atoms with Crippen molar-refractivity contribution in [2.45, 2.75) is 19.6 Å². The molecule has 27 heavy (non-hydrogen) atoms. The summed E-state index contributed by atoms with van der Waals surface area (Å²) in [6, 6.07) is 9.30. The minimum Gasteiger partial charge on any atom is -0.497 e. The van der Waals surface area contributed by atoms with Crippen LogP contribution in [-0.2, 0) is 13.6 Å². The lowest BCUT2D eigenvalue weighted by molar-refractivity contribution is 0.186. The molecule has 0 aliphatic carbocycles. The number of ether oxygens (including phenoxy) is 1. The Hall–Kier alpha value is -1.45. The van der Waals surface area contributed by atoms with Crippen LogP contribution in [0, 0.1) is 0 Å². The Balaban J connectivity index is 0.00000364. The zero-order valence-electron chi connectivity index (χ0n) is 16.1. The summed E-state index contributed by atoms with van der Waals surface area (Å²) in [5.74, 6) is 1.50. The van der Waals surface area contributed by atoms with Gasteiger partial charge in [0.15, 0.2) is 5.96 Å². The number of hydrogen-bond acceptors (Lipinski definition) is 3. The van der Waals surface area contributed by atoms with Crippen molar-refractivity contribution in [1.82, 2.24) is 14.8 Å². The molecule has 1 unspecified atom stereocenters. The van der Waals surface area contributed by atoms with Crippen LogP contribution < -0.4 is 10.1 Å². The number of aliphatic hydroxyl groups excluding tert-OH is 1. The van der Waals surface area contributed by atoms with E-state index in [0.29, 0.717) is 11.6 Å². The second-order valence-corrected chi connectivity index (χ2v) is 6.54. The number of rotatable bonds is 7. The Morgan fingerprint density at radius 2 is 2.04 bits per heavy atom. The highest BCUT2D eigenvalue weighted by Crippen LogP contribution is 2.18. The average molecular weight is 507 g/mol. The first-order chi connectivity index (χ1) is 12.4. The van der Waals surface area contributed by atoms with Crippen molar-refractivity contribution < 1.29 is 9.84 Å². The van der Waals surface area contributed by atoms with E-state index in [1.54, 1.807) is 7.11 Å². The van der Waals surface area contributed by atoms with Crippen molar-refractivity contribution in [2.24, 2.45) is 12.0 Å². The highest BCUT2D eigenvalue weighted by molar-refractivity contribution is 14.0. The molecule has 0 bridgehead atoms. The fraction of sp³-hybridized carbons (Fsp3) is 0.421. The zero-order chi connectivity index (χ0) is 19.1. The molecular formula is C19H28ClIN4O2. The number of aliphatic imine (C=N–C) groups is 1.